The molecule has 1 N–H and O–H groups in total. The maximum absolute atomic E-state index is 13.5. The van der Waals surface area contributed by atoms with E-state index in [0.29, 0.717) is 18.4 Å². The Bertz CT molecular complexity index is 410. The van der Waals surface area contributed by atoms with Crippen LogP contribution in [-0.2, 0) is 14.9 Å². The molecule has 80 valence electrons. The fourth-order valence-corrected chi connectivity index (χ4v) is 1.80. The molecule has 0 amide bonds. The first-order valence-corrected chi connectivity index (χ1v) is 4.67. The molecule has 1 fully saturated rings. The number of methoxy groups -OCH3 is 1. The molecule has 1 aromatic carbocycles. The number of benzene rings is 1. The minimum atomic E-state index is -0.813. The molecular formula is C11H11FO3. The summed E-state index contributed by atoms with van der Waals surface area (Å²) in [6, 6.07) is 3.83. The second-order valence-corrected chi connectivity index (χ2v) is 3.74. The molecule has 1 aliphatic carbocycles. The van der Waals surface area contributed by atoms with E-state index < -0.39 is 17.2 Å². The van der Waals surface area contributed by atoms with Crippen molar-refractivity contribution in [2.24, 2.45) is 0 Å². The molecule has 0 bridgehead atoms. The Balaban J connectivity index is 2.42. The number of esters is 1. The first-order valence-electron chi connectivity index (χ1n) is 4.67. The highest BCUT2D eigenvalue weighted by Crippen LogP contribution is 2.50. The van der Waals surface area contributed by atoms with Gasteiger partial charge in [-0.25, -0.2) is 4.39 Å². The molecule has 0 saturated heterocycles. The topological polar surface area (TPSA) is 46.5 Å². The van der Waals surface area contributed by atoms with Crippen LogP contribution in [0.15, 0.2) is 18.2 Å². The molecule has 4 heteroatoms. The molecule has 1 aromatic rings. The second-order valence-electron chi connectivity index (χ2n) is 3.74. The molecule has 15 heavy (non-hydrogen) atoms. The zero-order valence-corrected chi connectivity index (χ0v) is 8.29. The van der Waals surface area contributed by atoms with E-state index in [1.165, 1.54) is 19.2 Å². The lowest BCUT2D eigenvalue weighted by atomic mass is 9.95. The van der Waals surface area contributed by atoms with Gasteiger partial charge in [0.2, 0.25) is 0 Å². The molecular weight excluding hydrogens is 199 g/mol. The number of hydrogen-bond acceptors (Lipinski definition) is 3. The highest BCUT2D eigenvalue weighted by atomic mass is 19.1. The van der Waals surface area contributed by atoms with Crippen LogP contribution < -0.4 is 0 Å². The van der Waals surface area contributed by atoms with Gasteiger partial charge in [-0.15, -0.1) is 0 Å². The van der Waals surface area contributed by atoms with Crippen molar-refractivity contribution in [3.05, 3.63) is 29.6 Å². The van der Waals surface area contributed by atoms with Crippen LogP contribution in [0.4, 0.5) is 4.39 Å². The molecule has 0 heterocycles. The first kappa shape index (κ1) is 9.96. The van der Waals surface area contributed by atoms with Gasteiger partial charge >= 0.3 is 5.97 Å². The molecule has 0 unspecified atom stereocenters. The lowest BCUT2D eigenvalue weighted by Crippen LogP contribution is -2.23. The number of phenolic OH excluding ortho intramolecular Hbond substituents is 1. The molecule has 1 aliphatic rings. The molecule has 0 radical (unpaired) electrons. The monoisotopic (exact) mass is 210 g/mol. The van der Waals surface area contributed by atoms with Crippen LogP contribution in [0.3, 0.4) is 0 Å². The third kappa shape index (κ3) is 1.46. The highest BCUT2D eigenvalue weighted by molar-refractivity contribution is 5.86. The highest BCUT2D eigenvalue weighted by Gasteiger charge is 2.53. The van der Waals surface area contributed by atoms with E-state index in [2.05, 4.69) is 4.74 Å². The summed E-state index contributed by atoms with van der Waals surface area (Å²) in [5, 5.41) is 9.06. The van der Waals surface area contributed by atoms with Crippen molar-refractivity contribution >= 4 is 5.97 Å². The third-order valence-electron chi connectivity index (χ3n) is 2.79. The van der Waals surface area contributed by atoms with Crippen molar-refractivity contribution in [1.29, 1.82) is 0 Å². The van der Waals surface area contributed by atoms with Gasteiger partial charge in [0.05, 0.1) is 12.5 Å². The summed E-state index contributed by atoms with van der Waals surface area (Å²) in [6.07, 6.45) is 1.20. The first-order chi connectivity index (χ1) is 7.10. The van der Waals surface area contributed by atoms with Crippen molar-refractivity contribution in [1.82, 2.24) is 0 Å². The summed E-state index contributed by atoms with van der Waals surface area (Å²) >= 11 is 0. The molecule has 0 spiro atoms. The van der Waals surface area contributed by atoms with Crippen LogP contribution in [-0.4, -0.2) is 18.2 Å². The number of aromatic hydroxyl groups is 1. The molecule has 0 aromatic heterocycles. The molecule has 2 rings (SSSR count). The standard InChI is InChI=1S/C11H11FO3/c1-15-10(14)11(4-5-11)8-3-2-7(13)6-9(8)12/h2-3,6,13H,4-5H2,1H3. The van der Waals surface area contributed by atoms with Crippen molar-refractivity contribution in [3.8, 4) is 5.75 Å². The van der Waals surface area contributed by atoms with Gasteiger partial charge in [0.1, 0.15) is 11.6 Å². The zero-order chi connectivity index (χ0) is 11.1. The fourth-order valence-electron chi connectivity index (χ4n) is 1.80. The Hall–Kier alpha value is -1.58. The second kappa shape index (κ2) is 3.22. The smallest absolute Gasteiger partial charge is 0.316 e. The van der Waals surface area contributed by atoms with Crippen LogP contribution in [0.2, 0.25) is 0 Å². The van der Waals surface area contributed by atoms with Crippen molar-refractivity contribution in [2.45, 2.75) is 18.3 Å². The quantitative estimate of drug-likeness (QED) is 0.756. The third-order valence-corrected chi connectivity index (χ3v) is 2.79. The summed E-state index contributed by atoms with van der Waals surface area (Å²) in [5.74, 6) is -1.11. The van der Waals surface area contributed by atoms with Crippen molar-refractivity contribution in [3.63, 3.8) is 0 Å². The maximum atomic E-state index is 13.5. The van der Waals surface area contributed by atoms with Gasteiger partial charge in [-0.05, 0) is 18.9 Å². The number of ether oxygens (including phenoxy) is 1. The van der Waals surface area contributed by atoms with Gasteiger partial charge in [0.15, 0.2) is 0 Å². The van der Waals surface area contributed by atoms with Gasteiger partial charge in [0.25, 0.3) is 0 Å². The van der Waals surface area contributed by atoms with Crippen LogP contribution in [0.1, 0.15) is 18.4 Å². The van der Waals surface area contributed by atoms with Crippen LogP contribution >= 0.6 is 0 Å². The number of halogens is 1. The van der Waals surface area contributed by atoms with Gasteiger partial charge < -0.3 is 9.84 Å². The van der Waals surface area contributed by atoms with E-state index in [1.807, 2.05) is 0 Å². The Labute approximate surface area is 86.5 Å². The average Bonchev–Trinajstić information content (AvgIpc) is 2.97. The van der Waals surface area contributed by atoms with E-state index in [1.54, 1.807) is 0 Å². The number of phenols is 1. The lowest BCUT2D eigenvalue weighted by Gasteiger charge is -2.13. The van der Waals surface area contributed by atoms with E-state index in [9.17, 15) is 9.18 Å². The minimum absolute atomic E-state index is 0.142. The van der Waals surface area contributed by atoms with E-state index in [-0.39, 0.29) is 5.75 Å². The Morgan fingerprint density at radius 1 is 1.53 bits per heavy atom. The van der Waals surface area contributed by atoms with E-state index in [0.717, 1.165) is 6.07 Å². The summed E-state index contributed by atoms with van der Waals surface area (Å²) in [4.78, 5) is 11.5. The van der Waals surface area contributed by atoms with Gasteiger partial charge in [-0.3, -0.25) is 4.79 Å². The summed E-state index contributed by atoms with van der Waals surface area (Å²) in [5.41, 5.74) is -0.501. The predicted octanol–water partition coefficient (Wildman–Crippen LogP) is 1.74. The number of rotatable bonds is 2. The summed E-state index contributed by atoms with van der Waals surface area (Å²) in [7, 11) is 1.29. The van der Waals surface area contributed by atoms with Crippen molar-refractivity contribution in [2.75, 3.05) is 7.11 Å². The number of carbonyl (C=O) groups is 1. The van der Waals surface area contributed by atoms with Gasteiger partial charge in [-0.1, -0.05) is 6.07 Å². The maximum Gasteiger partial charge on any atom is 0.316 e. The largest absolute Gasteiger partial charge is 0.508 e. The van der Waals surface area contributed by atoms with E-state index in [4.69, 9.17) is 5.11 Å². The Kier molecular flexibility index (Phi) is 2.14. The zero-order valence-electron chi connectivity index (χ0n) is 8.29. The average molecular weight is 210 g/mol. The normalized spacial score (nSPS) is 17.2. The molecule has 0 aliphatic heterocycles. The number of carbonyl (C=O) groups excluding carboxylic acids is 1. The molecule has 3 nitrogen and oxygen atoms in total. The van der Waals surface area contributed by atoms with Gasteiger partial charge in [0, 0.05) is 11.6 Å². The Morgan fingerprint density at radius 3 is 2.67 bits per heavy atom. The SMILES string of the molecule is COC(=O)C1(c2ccc(O)cc2F)CC1. The molecule has 1 saturated carbocycles. The molecule has 0 atom stereocenters. The lowest BCUT2D eigenvalue weighted by molar-refractivity contribution is -0.143. The number of hydrogen-bond donors (Lipinski definition) is 1. The van der Waals surface area contributed by atoms with Crippen LogP contribution in [0.5, 0.6) is 5.75 Å². The fraction of sp³-hybridized carbons (Fsp3) is 0.364. The van der Waals surface area contributed by atoms with Crippen molar-refractivity contribution < 1.29 is 19.0 Å². The van der Waals surface area contributed by atoms with E-state index >= 15 is 0 Å². The van der Waals surface area contributed by atoms with Crippen LogP contribution in [0, 0.1) is 5.82 Å². The summed E-state index contributed by atoms with van der Waals surface area (Å²) < 4.78 is 18.2. The minimum Gasteiger partial charge on any atom is -0.508 e. The van der Waals surface area contributed by atoms with Crippen LogP contribution in [0.25, 0.3) is 0 Å². The summed E-state index contributed by atoms with van der Waals surface area (Å²) in [6.45, 7) is 0. The Morgan fingerprint density at radius 2 is 2.20 bits per heavy atom. The predicted molar refractivity (Wildman–Crippen MR) is 51.0 cm³/mol. The van der Waals surface area contributed by atoms with Gasteiger partial charge in [-0.2, -0.15) is 0 Å².